The zero-order valence-electron chi connectivity index (χ0n) is 17.0. The fourth-order valence-electron chi connectivity index (χ4n) is 1.98. The summed E-state index contributed by atoms with van der Waals surface area (Å²) in [5, 5.41) is 28.9. The molecule has 0 saturated heterocycles. The average Bonchev–Trinajstić information content (AvgIpc) is 2.32. The van der Waals surface area contributed by atoms with E-state index >= 15 is 0 Å². The summed E-state index contributed by atoms with van der Waals surface area (Å²) in [4.78, 5) is 63.6. The second-order valence-electron chi connectivity index (χ2n) is 4.52. The quantitative estimate of drug-likeness (QED) is 0.204. The van der Waals surface area contributed by atoms with Crippen molar-refractivity contribution in [3.05, 3.63) is 0 Å². The van der Waals surface area contributed by atoms with Gasteiger partial charge in [0.2, 0.25) is 0 Å². The van der Waals surface area contributed by atoms with Gasteiger partial charge in [0.25, 0.3) is 0 Å². The van der Waals surface area contributed by atoms with E-state index in [1.165, 1.54) is 0 Å². The van der Waals surface area contributed by atoms with E-state index in [2.05, 4.69) is 13.6 Å². The summed E-state index contributed by atoms with van der Waals surface area (Å²) in [5.41, 5.74) is 0. The van der Waals surface area contributed by atoms with Crippen LogP contribution >= 0.6 is 23.5 Å². The molecule has 0 aromatic heterocycles. The second kappa shape index (κ2) is 20.2. The summed E-state index contributed by atoms with van der Waals surface area (Å²) >= 11 is 0. The summed E-state index contributed by atoms with van der Waals surface area (Å²) in [6.07, 6.45) is -15.7. The van der Waals surface area contributed by atoms with E-state index < -0.39 is 60.1 Å². The SMILES string of the molecule is O=P([O-])([O-])O[C@H]1[C@H](O)[C@@H](O)[C@@H](OP(=O)([O-])[O-])[C@@H](OP(=O)([O-])[O-])[C@@H]1O.[Na+].[Na+].[Na+].[Na+].[Na+].[Na+]. The van der Waals surface area contributed by atoms with Crippen LogP contribution in [0.4, 0.5) is 0 Å². The van der Waals surface area contributed by atoms with Crippen LogP contribution in [0.3, 0.4) is 0 Å². The summed E-state index contributed by atoms with van der Waals surface area (Å²) in [6, 6.07) is 0. The van der Waals surface area contributed by atoms with Crippen molar-refractivity contribution in [3.8, 4) is 0 Å². The Morgan fingerprint density at radius 1 is 0.467 bits per heavy atom. The molecule has 24 heteroatoms. The average molecular weight is 552 g/mol. The number of rotatable bonds is 6. The third-order valence-corrected chi connectivity index (χ3v) is 4.28. The molecule has 0 radical (unpaired) electrons. The Morgan fingerprint density at radius 3 is 0.933 bits per heavy atom. The van der Waals surface area contributed by atoms with E-state index in [-0.39, 0.29) is 177 Å². The van der Waals surface area contributed by atoms with Crippen molar-refractivity contribution in [2.45, 2.75) is 36.6 Å². The molecular weight excluding hydrogens is 543 g/mol. The minimum absolute atomic E-state index is 0. The fraction of sp³-hybridized carbons (Fsp3) is 1.00. The maximum Gasteiger partial charge on any atom is 1.00 e. The number of aliphatic hydroxyl groups is 3. The van der Waals surface area contributed by atoms with Crippen molar-refractivity contribution in [2.75, 3.05) is 0 Å². The Hall–Kier alpha value is 6.21. The maximum atomic E-state index is 10.6. The van der Waals surface area contributed by atoms with Gasteiger partial charge in [0.1, 0.15) is 36.6 Å². The van der Waals surface area contributed by atoms with Crippen LogP contribution in [-0.4, -0.2) is 51.9 Å². The summed E-state index contributed by atoms with van der Waals surface area (Å²) in [5.74, 6) is 0. The number of phosphoric ester groups is 3. The molecule has 1 fully saturated rings. The molecule has 0 spiro atoms. The molecular formula is C6H9Na6O15P3. The van der Waals surface area contributed by atoms with Crippen molar-refractivity contribution >= 4 is 23.5 Å². The van der Waals surface area contributed by atoms with Gasteiger partial charge in [-0.1, -0.05) is 0 Å². The Bertz CT molecular complexity index is 595. The normalized spacial score (nSPS) is 28.7. The molecule has 144 valence electrons. The van der Waals surface area contributed by atoms with Crippen LogP contribution in [0.2, 0.25) is 0 Å². The predicted molar refractivity (Wildman–Crippen MR) is 55.5 cm³/mol. The first-order chi connectivity index (χ1) is 10.5. The van der Waals surface area contributed by atoms with Gasteiger partial charge in [-0.15, -0.1) is 0 Å². The van der Waals surface area contributed by atoms with E-state index in [9.17, 15) is 58.4 Å². The van der Waals surface area contributed by atoms with Crippen LogP contribution in [0.15, 0.2) is 0 Å². The van der Waals surface area contributed by atoms with Crippen LogP contribution < -0.4 is 207 Å². The Morgan fingerprint density at radius 2 is 0.667 bits per heavy atom. The monoisotopic (exact) mass is 552 g/mol. The molecule has 0 bridgehead atoms. The number of phosphoric acid groups is 3. The molecule has 6 atom stereocenters. The van der Waals surface area contributed by atoms with Crippen LogP contribution in [0.25, 0.3) is 0 Å². The number of hydrogen-bond donors (Lipinski definition) is 3. The van der Waals surface area contributed by atoms with Gasteiger partial charge >= 0.3 is 177 Å². The minimum atomic E-state index is -6.01. The minimum Gasteiger partial charge on any atom is -0.790 e. The van der Waals surface area contributed by atoms with Gasteiger partial charge in [0.15, 0.2) is 0 Å². The van der Waals surface area contributed by atoms with Gasteiger partial charge < -0.3 is 71.9 Å². The zero-order valence-corrected chi connectivity index (χ0v) is 31.7. The van der Waals surface area contributed by atoms with Gasteiger partial charge in [-0.25, -0.2) is 0 Å². The molecule has 0 amide bonds. The van der Waals surface area contributed by atoms with Gasteiger partial charge in [-0.3, -0.25) is 0 Å². The van der Waals surface area contributed by atoms with E-state index in [1.807, 2.05) is 0 Å². The van der Waals surface area contributed by atoms with Crippen LogP contribution in [-0.2, 0) is 27.3 Å². The Labute approximate surface area is 303 Å². The van der Waals surface area contributed by atoms with Crippen molar-refractivity contribution in [2.24, 2.45) is 0 Å². The molecule has 1 aliphatic carbocycles. The molecule has 0 heterocycles. The molecule has 3 N–H and O–H groups in total. The van der Waals surface area contributed by atoms with E-state index in [4.69, 9.17) is 0 Å². The topological polar surface area (TPSA) is 278 Å². The molecule has 0 aliphatic heterocycles. The first-order valence-electron chi connectivity index (χ1n) is 5.67. The van der Waals surface area contributed by atoms with E-state index in [1.54, 1.807) is 0 Å². The predicted octanol–water partition coefficient (Wildman–Crippen LogP) is -25.3. The molecule has 1 saturated carbocycles. The molecule has 0 aromatic carbocycles. The summed E-state index contributed by atoms with van der Waals surface area (Å²) < 4.78 is 43.0. The van der Waals surface area contributed by atoms with E-state index in [0.29, 0.717) is 0 Å². The van der Waals surface area contributed by atoms with Crippen LogP contribution in [0.1, 0.15) is 0 Å². The fourth-order valence-corrected chi connectivity index (χ4v) is 3.62. The molecule has 1 aliphatic rings. The van der Waals surface area contributed by atoms with Crippen molar-refractivity contribution < 1.29 is 249 Å². The van der Waals surface area contributed by atoms with Gasteiger partial charge in [-0.05, 0) is 0 Å². The van der Waals surface area contributed by atoms with Crippen LogP contribution in [0, 0.1) is 0 Å². The zero-order chi connectivity index (χ0) is 19.1. The van der Waals surface area contributed by atoms with Crippen molar-refractivity contribution in [3.63, 3.8) is 0 Å². The smallest absolute Gasteiger partial charge is 0.790 e. The van der Waals surface area contributed by atoms with Crippen LogP contribution in [0.5, 0.6) is 0 Å². The van der Waals surface area contributed by atoms with E-state index in [0.717, 1.165) is 0 Å². The molecule has 1 rings (SSSR count). The maximum absolute atomic E-state index is 10.6. The standard InChI is InChI=1S/C6H15O15P3.6Na/c7-1-2(8)5(20-23(13,14)15)6(21-24(16,17)18)3(9)4(1)19-22(10,11)12;;;;;;/h1-9H,(H2,10,11,12)(H2,13,14,15)(H2,16,17,18);;;;;;/q;6*+1/p-6/t1-,2-,3-,4+,5-,6+;;;;;;/m1....../s1. The van der Waals surface area contributed by atoms with Gasteiger partial charge in [0.05, 0.1) is 23.5 Å². The van der Waals surface area contributed by atoms with Crippen molar-refractivity contribution in [1.29, 1.82) is 0 Å². The van der Waals surface area contributed by atoms with Gasteiger partial charge in [0, 0.05) is 0 Å². The summed E-state index contributed by atoms with van der Waals surface area (Å²) in [7, 11) is -17.9. The Balaban J connectivity index is -0.000000240. The molecule has 15 nitrogen and oxygen atoms in total. The molecule has 30 heavy (non-hydrogen) atoms. The third-order valence-electron chi connectivity index (χ3n) is 2.77. The number of hydrogen-bond acceptors (Lipinski definition) is 15. The first kappa shape index (κ1) is 49.2. The Kier molecular flexibility index (Phi) is 33.1. The van der Waals surface area contributed by atoms with Gasteiger partial charge in [-0.2, -0.15) is 0 Å². The van der Waals surface area contributed by atoms with Crippen molar-refractivity contribution in [1.82, 2.24) is 0 Å². The molecule has 0 aromatic rings. The third kappa shape index (κ3) is 18.5. The molecule has 0 unspecified atom stereocenters. The second-order valence-corrected chi connectivity index (χ2v) is 7.84. The summed E-state index contributed by atoms with van der Waals surface area (Å²) in [6.45, 7) is 0. The first-order valence-corrected chi connectivity index (χ1v) is 10.1. The largest absolute Gasteiger partial charge is 1.00 e. The number of aliphatic hydroxyl groups excluding tert-OH is 3.